The monoisotopic (exact) mass is 273 g/mol. The minimum atomic E-state index is 0.967. The van der Waals surface area contributed by atoms with E-state index in [1.165, 1.54) is 35.9 Å². The number of nitrogens with one attached hydrogen (secondary N) is 1. The Labute approximate surface area is 117 Å². The third kappa shape index (κ3) is 2.78. The van der Waals surface area contributed by atoms with Gasteiger partial charge in [0.05, 0.1) is 10.2 Å². The van der Waals surface area contributed by atoms with E-state index in [1.54, 1.807) is 23.2 Å². The Hall–Kier alpha value is -1.42. The molecule has 0 radical (unpaired) electrons. The lowest BCUT2D eigenvalue weighted by Gasteiger charge is -2.13. The van der Waals surface area contributed by atoms with Crippen LogP contribution in [0.25, 0.3) is 10.2 Å². The van der Waals surface area contributed by atoms with Crippen molar-refractivity contribution in [3.05, 3.63) is 28.9 Å². The van der Waals surface area contributed by atoms with Crippen LogP contribution >= 0.6 is 11.3 Å². The number of allylic oxidation sites excluding steroid dienone is 1. The number of anilines is 1. The minimum absolute atomic E-state index is 0.967. The lowest BCUT2D eigenvalue weighted by Crippen LogP contribution is -2.06. The molecular formula is C15H19N3S. The van der Waals surface area contributed by atoms with Crippen molar-refractivity contribution in [2.24, 2.45) is 0 Å². The molecule has 3 nitrogen and oxygen atoms in total. The maximum absolute atomic E-state index is 4.37. The van der Waals surface area contributed by atoms with Crippen molar-refractivity contribution >= 4 is 27.4 Å². The molecule has 0 atom stereocenters. The molecule has 19 heavy (non-hydrogen) atoms. The summed E-state index contributed by atoms with van der Waals surface area (Å²) in [5.74, 6) is 0.986. The highest BCUT2D eigenvalue weighted by Crippen LogP contribution is 2.28. The normalized spacial score (nSPS) is 15.5. The van der Waals surface area contributed by atoms with Gasteiger partial charge in [-0.2, -0.15) is 0 Å². The maximum atomic E-state index is 4.37. The van der Waals surface area contributed by atoms with Crippen LogP contribution in [0.4, 0.5) is 5.82 Å². The highest BCUT2D eigenvalue weighted by molar-refractivity contribution is 7.18. The zero-order valence-electron chi connectivity index (χ0n) is 11.3. The summed E-state index contributed by atoms with van der Waals surface area (Å²) in [6.45, 7) is 3.07. The van der Waals surface area contributed by atoms with Crippen LogP contribution in [-0.2, 0) is 0 Å². The molecule has 1 N–H and O–H groups in total. The predicted octanol–water partition coefficient (Wildman–Crippen LogP) is 4.30. The zero-order valence-corrected chi connectivity index (χ0v) is 12.1. The Kier molecular flexibility index (Phi) is 3.78. The first-order chi connectivity index (χ1) is 9.34. The van der Waals surface area contributed by atoms with Crippen LogP contribution < -0.4 is 5.32 Å². The fraction of sp³-hybridized carbons (Fsp3) is 0.467. The van der Waals surface area contributed by atoms with Gasteiger partial charge < -0.3 is 5.32 Å². The van der Waals surface area contributed by atoms with Crippen molar-refractivity contribution in [1.29, 1.82) is 0 Å². The van der Waals surface area contributed by atoms with E-state index in [4.69, 9.17) is 0 Å². The van der Waals surface area contributed by atoms with Crippen LogP contribution in [-0.4, -0.2) is 16.5 Å². The number of aryl methyl sites for hydroxylation is 1. The number of aromatic nitrogens is 2. The van der Waals surface area contributed by atoms with Gasteiger partial charge in [-0.15, -0.1) is 11.3 Å². The molecule has 100 valence electrons. The van der Waals surface area contributed by atoms with Gasteiger partial charge in [-0.05, 0) is 50.0 Å². The molecule has 1 aliphatic rings. The average Bonchev–Trinajstić information content (AvgIpc) is 2.83. The standard InChI is InChI=1S/C15H19N3S/c1-11-9-19-14-13(11)17-10-18-15(14)16-8-7-12-5-3-2-4-6-12/h5,9-10H,2-4,6-8H2,1H3,(H,16,17,18). The smallest absolute Gasteiger partial charge is 0.147 e. The summed E-state index contributed by atoms with van der Waals surface area (Å²) in [6.07, 6.45) is 10.5. The van der Waals surface area contributed by atoms with E-state index in [0.717, 1.165) is 24.3 Å². The zero-order chi connectivity index (χ0) is 13.1. The van der Waals surface area contributed by atoms with Crippen LogP contribution in [0, 0.1) is 6.92 Å². The number of fused-ring (bicyclic) bond motifs is 1. The summed E-state index contributed by atoms with van der Waals surface area (Å²) in [4.78, 5) is 8.72. The van der Waals surface area contributed by atoms with Crippen molar-refractivity contribution in [3.8, 4) is 0 Å². The van der Waals surface area contributed by atoms with E-state index >= 15 is 0 Å². The summed E-state index contributed by atoms with van der Waals surface area (Å²) >= 11 is 1.72. The summed E-state index contributed by atoms with van der Waals surface area (Å²) in [5, 5.41) is 5.61. The maximum Gasteiger partial charge on any atom is 0.147 e. The highest BCUT2D eigenvalue weighted by Gasteiger charge is 2.08. The first kappa shape index (κ1) is 12.6. The van der Waals surface area contributed by atoms with Crippen LogP contribution in [0.5, 0.6) is 0 Å². The molecule has 0 unspecified atom stereocenters. The van der Waals surface area contributed by atoms with Crippen molar-refractivity contribution in [1.82, 2.24) is 9.97 Å². The first-order valence-corrected chi connectivity index (χ1v) is 7.83. The molecular weight excluding hydrogens is 254 g/mol. The Morgan fingerprint density at radius 1 is 1.32 bits per heavy atom. The molecule has 0 bridgehead atoms. The molecule has 3 rings (SSSR count). The van der Waals surface area contributed by atoms with Crippen molar-refractivity contribution in [3.63, 3.8) is 0 Å². The molecule has 0 saturated carbocycles. The molecule has 2 aromatic heterocycles. The SMILES string of the molecule is Cc1csc2c(NCCC3=CCCCC3)ncnc12. The quantitative estimate of drug-likeness (QED) is 0.844. The van der Waals surface area contributed by atoms with Gasteiger partial charge in [0.25, 0.3) is 0 Å². The highest BCUT2D eigenvalue weighted by atomic mass is 32.1. The van der Waals surface area contributed by atoms with E-state index in [9.17, 15) is 0 Å². The second-order valence-corrected chi connectivity index (χ2v) is 5.98. The number of rotatable bonds is 4. The van der Waals surface area contributed by atoms with Crippen LogP contribution in [0.1, 0.15) is 37.7 Å². The van der Waals surface area contributed by atoms with Gasteiger partial charge in [0, 0.05) is 6.54 Å². The fourth-order valence-electron chi connectivity index (χ4n) is 2.57. The van der Waals surface area contributed by atoms with Crippen LogP contribution in [0.3, 0.4) is 0 Å². The van der Waals surface area contributed by atoms with Gasteiger partial charge in [0.1, 0.15) is 12.1 Å². The Morgan fingerprint density at radius 2 is 2.26 bits per heavy atom. The molecule has 0 aromatic carbocycles. The van der Waals surface area contributed by atoms with E-state index in [0.29, 0.717) is 0 Å². The van der Waals surface area contributed by atoms with Gasteiger partial charge in [-0.1, -0.05) is 11.6 Å². The van der Waals surface area contributed by atoms with Gasteiger partial charge in [0.2, 0.25) is 0 Å². The number of hydrogen-bond acceptors (Lipinski definition) is 4. The Balaban J connectivity index is 1.66. The van der Waals surface area contributed by atoms with Gasteiger partial charge >= 0.3 is 0 Å². The van der Waals surface area contributed by atoms with Gasteiger partial charge in [-0.3, -0.25) is 0 Å². The topological polar surface area (TPSA) is 37.8 Å². The second-order valence-electron chi connectivity index (χ2n) is 5.10. The molecule has 0 spiro atoms. The van der Waals surface area contributed by atoms with E-state index in [2.05, 4.69) is 33.7 Å². The molecule has 4 heteroatoms. The van der Waals surface area contributed by atoms with Crippen LogP contribution in [0.2, 0.25) is 0 Å². The summed E-state index contributed by atoms with van der Waals surface area (Å²) in [5.41, 5.74) is 3.92. The summed E-state index contributed by atoms with van der Waals surface area (Å²) < 4.78 is 1.18. The first-order valence-electron chi connectivity index (χ1n) is 6.95. The number of thiophene rings is 1. The fourth-order valence-corrected chi connectivity index (χ4v) is 3.54. The van der Waals surface area contributed by atoms with Gasteiger partial charge in [-0.25, -0.2) is 9.97 Å². The molecule has 0 saturated heterocycles. The van der Waals surface area contributed by atoms with E-state index < -0.39 is 0 Å². The molecule has 2 heterocycles. The average molecular weight is 273 g/mol. The second kappa shape index (κ2) is 5.70. The summed E-state index contributed by atoms with van der Waals surface area (Å²) in [6, 6.07) is 0. The summed E-state index contributed by atoms with van der Waals surface area (Å²) in [7, 11) is 0. The molecule has 0 aliphatic heterocycles. The Bertz CT molecular complexity index is 600. The minimum Gasteiger partial charge on any atom is -0.368 e. The molecule has 1 aliphatic carbocycles. The largest absolute Gasteiger partial charge is 0.368 e. The Morgan fingerprint density at radius 3 is 3.11 bits per heavy atom. The number of hydrogen-bond donors (Lipinski definition) is 1. The van der Waals surface area contributed by atoms with Crippen molar-refractivity contribution in [2.45, 2.75) is 39.0 Å². The van der Waals surface area contributed by atoms with Crippen LogP contribution in [0.15, 0.2) is 23.4 Å². The van der Waals surface area contributed by atoms with E-state index in [1.807, 2.05) is 0 Å². The molecule has 2 aromatic rings. The van der Waals surface area contributed by atoms with Crippen molar-refractivity contribution in [2.75, 3.05) is 11.9 Å². The lowest BCUT2D eigenvalue weighted by molar-refractivity contribution is 0.679. The molecule has 0 amide bonds. The third-order valence-electron chi connectivity index (χ3n) is 3.65. The van der Waals surface area contributed by atoms with Crippen molar-refractivity contribution < 1.29 is 0 Å². The molecule has 0 fully saturated rings. The number of nitrogens with zero attached hydrogens (tertiary/aromatic N) is 2. The van der Waals surface area contributed by atoms with E-state index in [-0.39, 0.29) is 0 Å². The third-order valence-corrected chi connectivity index (χ3v) is 4.75. The van der Waals surface area contributed by atoms with Gasteiger partial charge in [0.15, 0.2) is 0 Å². The predicted molar refractivity (Wildman–Crippen MR) is 81.8 cm³/mol. The lowest BCUT2D eigenvalue weighted by atomic mass is 9.97.